The van der Waals surface area contributed by atoms with Gasteiger partial charge in [0.2, 0.25) is 0 Å². The first kappa shape index (κ1) is 15.7. The Labute approximate surface area is 125 Å². The van der Waals surface area contributed by atoms with Crippen molar-refractivity contribution in [3.63, 3.8) is 0 Å². The summed E-state index contributed by atoms with van der Waals surface area (Å²) in [5.74, 6) is 2.94. The molecule has 0 radical (unpaired) electrons. The van der Waals surface area contributed by atoms with Crippen LogP contribution in [-0.4, -0.2) is 30.3 Å². The van der Waals surface area contributed by atoms with Gasteiger partial charge in [-0.1, -0.05) is 39.5 Å². The Morgan fingerprint density at radius 3 is 2.11 bits per heavy atom. The lowest BCUT2D eigenvalue weighted by Gasteiger charge is -2.41. The molecule has 0 aromatic rings. The Bertz CT molecular complexity index is 248. The Morgan fingerprint density at radius 1 is 1.05 bits per heavy atom. The third-order valence-corrected chi connectivity index (χ3v) is 6.30. The van der Waals surface area contributed by atoms with E-state index in [0.717, 1.165) is 17.6 Å². The summed E-state index contributed by atoms with van der Waals surface area (Å²) in [5.41, 5.74) is 0.532. The number of rotatable bonds is 4. The van der Waals surface area contributed by atoms with Crippen molar-refractivity contribution < 1.29 is 0 Å². The van der Waals surface area contributed by atoms with Gasteiger partial charge < -0.3 is 4.90 Å². The van der Waals surface area contributed by atoms with Crippen LogP contribution in [0.4, 0.5) is 0 Å². The van der Waals surface area contributed by atoms with Crippen molar-refractivity contribution in [2.24, 2.45) is 17.3 Å². The van der Waals surface area contributed by atoms with Gasteiger partial charge in [0.15, 0.2) is 0 Å². The second kappa shape index (κ2) is 7.36. The number of hydrogen-bond acceptors (Lipinski definition) is 2. The molecule has 1 heterocycles. The molecule has 2 fully saturated rings. The third kappa shape index (κ3) is 4.39. The van der Waals surface area contributed by atoms with Gasteiger partial charge in [-0.15, -0.1) is 0 Å². The van der Waals surface area contributed by atoms with Crippen LogP contribution >= 0.6 is 12.6 Å². The van der Waals surface area contributed by atoms with E-state index >= 15 is 0 Å². The largest absolute Gasteiger partial charge is 0.303 e. The molecular weight excluding hydrogens is 250 g/mol. The number of hydrogen-bond donors (Lipinski definition) is 1. The highest BCUT2D eigenvalue weighted by atomic mass is 32.1. The van der Waals surface area contributed by atoms with Gasteiger partial charge in [-0.3, -0.25) is 0 Å². The molecule has 2 rings (SSSR count). The quantitative estimate of drug-likeness (QED) is 0.582. The maximum absolute atomic E-state index is 4.72. The monoisotopic (exact) mass is 283 g/mol. The lowest BCUT2D eigenvalue weighted by atomic mass is 9.80. The summed E-state index contributed by atoms with van der Waals surface area (Å²) in [4.78, 5) is 2.75. The van der Waals surface area contributed by atoms with Crippen molar-refractivity contribution in [3.8, 4) is 0 Å². The molecule has 0 bridgehead atoms. The van der Waals surface area contributed by atoms with E-state index in [9.17, 15) is 0 Å². The van der Waals surface area contributed by atoms with Crippen molar-refractivity contribution in [2.75, 3.05) is 25.4 Å². The average molecular weight is 284 g/mol. The van der Waals surface area contributed by atoms with Crippen molar-refractivity contribution >= 4 is 12.6 Å². The molecular formula is C17H33NS. The minimum Gasteiger partial charge on any atom is -0.303 e. The lowest BCUT2D eigenvalue weighted by molar-refractivity contribution is 0.0993. The fourth-order valence-electron chi connectivity index (χ4n) is 4.10. The highest BCUT2D eigenvalue weighted by Gasteiger charge is 2.33. The first-order valence-corrected chi connectivity index (χ1v) is 9.12. The molecule has 19 heavy (non-hydrogen) atoms. The lowest BCUT2D eigenvalue weighted by Crippen LogP contribution is -2.43. The minimum atomic E-state index is 0.532. The van der Waals surface area contributed by atoms with Gasteiger partial charge in [0.1, 0.15) is 0 Å². The summed E-state index contributed by atoms with van der Waals surface area (Å²) in [5, 5.41) is 0. The smallest absolute Gasteiger partial charge is 0.00458 e. The van der Waals surface area contributed by atoms with Crippen LogP contribution in [0.3, 0.4) is 0 Å². The van der Waals surface area contributed by atoms with Crippen molar-refractivity contribution in [2.45, 2.75) is 65.2 Å². The Morgan fingerprint density at radius 2 is 1.63 bits per heavy atom. The molecule has 1 saturated heterocycles. The zero-order valence-corrected chi connectivity index (χ0v) is 13.9. The molecule has 0 amide bonds. The van der Waals surface area contributed by atoms with Crippen LogP contribution in [0.15, 0.2) is 0 Å². The van der Waals surface area contributed by atoms with Gasteiger partial charge in [-0.25, -0.2) is 0 Å². The first-order valence-electron chi connectivity index (χ1n) is 8.48. The average Bonchev–Trinajstić information content (AvgIpc) is 2.65. The van der Waals surface area contributed by atoms with E-state index in [-0.39, 0.29) is 0 Å². The van der Waals surface area contributed by atoms with E-state index in [2.05, 4.69) is 18.7 Å². The van der Waals surface area contributed by atoms with Gasteiger partial charge in [-0.05, 0) is 61.8 Å². The highest BCUT2D eigenvalue weighted by molar-refractivity contribution is 7.80. The van der Waals surface area contributed by atoms with E-state index in [4.69, 9.17) is 12.6 Å². The van der Waals surface area contributed by atoms with E-state index in [0.29, 0.717) is 5.41 Å². The maximum atomic E-state index is 4.72. The first-order chi connectivity index (χ1) is 9.15. The summed E-state index contributed by atoms with van der Waals surface area (Å²) in [6.45, 7) is 8.76. The number of piperidine rings is 1. The highest BCUT2D eigenvalue weighted by Crippen LogP contribution is 2.38. The zero-order valence-electron chi connectivity index (χ0n) is 13.0. The van der Waals surface area contributed by atoms with E-state index in [1.165, 1.54) is 71.0 Å². The minimum absolute atomic E-state index is 0.532. The van der Waals surface area contributed by atoms with Crippen LogP contribution in [0, 0.1) is 17.3 Å². The van der Waals surface area contributed by atoms with Crippen molar-refractivity contribution in [1.82, 2.24) is 4.90 Å². The van der Waals surface area contributed by atoms with Crippen LogP contribution in [0.2, 0.25) is 0 Å². The summed E-state index contributed by atoms with van der Waals surface area (Å²) in [6, 6.07) is 0. The van der Waals surface area contributed by atoms with E-state index < -0.39 is 0 Å². The summed E-state index contributed by atoms with van der Waals surface area (Å²) in [7, 11) is 0. The topological polar surface area (TPSA) is 3.24 Å². The molecule has 2 aliphatic rings. The van der Waals surface area contributed by atoms with Crippen LogP contribution < -0.4 is 0 Å². The Balaban J connectivity index is 1.85. The molecule has 1 saturated carbocycles. The molecule has 0 spiro atoms. The molecule has 0 unspecified atom stereocenters. The Hall–Kier alpha value is 0.310. The number of nitrogens with zero attached hydrogens (tertiary/aromatic N) is 1. The van der Waals surface area contributed by atoms with Crippen molar-refractivity contribution in [1.29, 1.82) is 0 Å². The molecule has 0 N–H and O–H groups in total. The molecule has 0 aromatic heterocycles. The van der Waals surface area contributed by atoms with Gasteiger partial charge in [0.25, 0.3) is 0 Å². The maximum Gasteiger partial charge on any atom is 0.00458 e. The molecule has 112 valence electrons. The van der Waals surface area contributed by atoms with E-state index in [1.807, 2.05) is 0 Å². The van der Waals surface area contributed by atoms with Crippen LogP contribution in [-0.2, 0) is 0 Å². The molecule has 2 heteroatoms. The second-order valence-electron chi connectivity index (χ2n) is 7.43. The SMILES string of the molecule is CC(C)C1CCN(CC2(CS)CCCCCC2)CC1. The number of likely N-dealkylation sites (tertiary alicyclic amines) is 1. The third-order valence-electron chi connectivity index (χ3n) is 5.63. The predicted molar refractivity (Wildman–Crippen MR) is 88.0 cm³/mol. The molecule has 1 aliphatic heterocycles. The Kier molecular flexibility index (Phi) is 6.08. The normalized spacial score (nSPS) is 26.5. The summed E-state index contributed by atoms with van der Waals surface area (Å²) >= 11 is 4.72. The molecule has 0 aromatic carbocycles. The standard InChI is InChI=1S/C17H33NS/c1-15(2)16-7-11-18(12-8-16)13-17(14-19)9-5-3-4-6-10-17/h15-16,19H,3-14H2,1-2H3. The van der Waals surface area contributed by atoms with E-state index in [1.54, 1.807) is 0 Å². The molecule has 0 atom stereocenters. The summed E-state index contributed by atoms with van der Waals surface area (Å²) in [6.07, 6.45) is 11.4. The van der Waals surface area contributed by atoms with Gasteiger partial charge in [0.05, 0.1) is 0 Å². The summed E-state index contributed by atoms with van der Waals surface area (Å²) < 4.78 is 0. The number of thiol groups is 1. The van der Waals surface area contributed by atoms with Crippen LogP contribution in [0.5, 0.6) is 0 Å². The van der Waals surface area contributed by atoms with Crippen LogP contribution in [0.25, 0.3) is 0 Å². The zero-order chi connectivity index (χ0) is 13.7. The van der Waals surface area contributed by atoms with Gasteiger partial charge in [0, 0.05) is 6.54 Å². The van der Waals surface area contributed by atoms with Gasteiger partial charge in [-0.2, -0.15) is 12.6 Å². The second-order valence-corrected chi connectivity index (χ2v) is 7.75. The van der Waals surface area contributed by atoms with Gasteiger partial charge >= 0.3 is 0 Å². The fourth-order valence-corrected chi connectivity index (χ4v) is 4.51. The van der Waals surface area contributed by atoms with Crippen LogP contribution in [0.1, 0.15) is 65.2 Å². The predicted octanol–water partition coefficient (Wildman–Crippen LogP) is 4.62. The molecule has 1 aliphatic carbocycles. The fraction of sp³-hybridized carbons (Fsp3) is 1.00. The van der Waals surface area contributed by atoms with Crippen molar-refractivity contribution in [3.05, 3.63) is 0 Å². The molecule has 1 nitrogen and oxygen atoms in total.